The smallest absolute Gasteiger partial charge is 0.281 e. The van der Waals surface area contributed by atoms with Crippen LogP contribution in [-0.4, -0.2) is 54.1 Å². The van der Waals surface area contributed by atoms with Crippen LogP contribution in [0.3, 0.4) is 0 Å². The molecule has 2 rings (SSSR count). The molecule has 0 amide bonds. The van der Waals surface area contributed by atoms with E-state index in [0.717, 1.165) is 12.8 Å². The van der Waals surface area contributed by atoms with Crippen molar-refractivity contribution in [2.75, 3.05) is 26.2 Å². The number of hydrogen-bond donors (Lipinski definition) is 1. The van der Waals surface area contributed by atoms with Gasteiger partial charge in [-0.2, -0.15) is 17.0 Å². The van der Waals surface area contributed by atoms with Gasteiger partial charge >= 0.3 is 0 Å². The molecule has 0 aromatic carbocycles. The predicted octanol–water partition coefficient (Wildman–Crippen LogP) is 0.889. The maximum atomic E-state index is 12.4. The topological polar surface area (TPSA) is 73.2 Å². The summed E-state index contributed by atoms with van der Waals surface area (Å²) in [6, 6.07) is 0. The third kappa shape index (κ3) is 2.84. The summed E-state index contributed by atoms with van der Waals surface area (Å²) in [6.45, 7) is 4.26. The van der Waals surface area contributed by atoms with Gasteiger partial charge in [0.25, 0.3) is 10.2 Å². The Kier molecular flexibility index (Phi) is 4.24. The van der Waals surface area contributed by atoms with Crippen molar-refractivity contribution in [1.82, 2.24) is 8.61 Å². The van der Waals surface area contributed by atoms with E-state index in [0.29, 0.717) is 50.7 Å². The second-order valence-electron chi connectivity index (χ2n) is 5.15. The highest BCUT2D eigenvalue weighted by atomic mass is 32.2. The highest BCUT2D eigenvalue weighted by Crippen LogP contribution is 2.22. The molecule has 0 radical (unpaired) electrons. The molecule has 7 heteroatoms. The zero-order chi connectivity index (χ0) is 13.2. The van der Waals surface area contributed by atoms with E-state index in [-0.39, 0.29) is 0 Å². The Balaban J connectivity index is 1.99. The van der Waals surface area contributed by atoms with Crippen LogP contribution in [0, 0.1) is 5.92 Å². The first-order valence-electron chi connectivity index (χ1n) is 6.49. The normalized spacial score (nSPS) is 25.3. The Morgan fingerprint density at radius 2 is 1.61 bits per heavy atom. The molecule has 2 heterocycles. The van der Waals surface area contributed by atoms with Crippen molar-refractivity contribution in [3.63, 3.8) is 0 Å². The van der Waals surface area contributed by atoms with E-state index in [9.17, 15) is 8.42 Å². The van der Waals surface area contributed by atoms with Crippen molar-refractivity contribution in [3.8, 4) is 0 Å². The van der Waals surface area contributed by atoms with Crippen molar-refractivity contribution in [1.29, 1.82) is 0 Å². The van der Waals surface area contributed by atoms with Gasteiger partial charge in [-0.3, -0.25) is 0 Å². The van der Waals surface area contributed by atoms with Crippen molar-refractivity contribution < 1.29 is 13.6 Å². The van der Waals surface area contributed by atoms with Crippen LogP contribution in [0.5, 0.6) is 0 Å². The maximum absolute atomic E-state index is 12.4. The molecule has 0 aromatic rings. The third-order valence-corrected chi connectivity index (χ3v) is 5.87. The second kappa shape index (κ2) is 5.54. The molecule has 18 heavy (non-hydrogen) atoms. The first kappa shape index (κ1) is 13.8. The standard InChI is InChI=1S/C11H21N3O3S/c1-10-2-6-13(7-3-10)18(16,17)14-8-4-11(12-15)5-9-14/h10,15H,2-9H2,1H3. The van der Waals surface area contributed by atoms with Gasteiger partial charge in [0.1, 0.15) is 0 Å². The first-order valence-corrected chi connectivity index (χ1v) is 7.88. The SMILES string of the molecule is CC1CCN(S(=O)(=O)N2CCC(=NO)CC2)CC1. The summed E-state index contributed by atoms with van der Waals surface area (Å²) in [7, 11) is -3.31. The van der Waals surface area contributed by atoms with E-state index < -0.39 is 10.2 Å². The molecule has 0 unspecified atom stereocenters. The van der Waals surface area contributed by atoms with E-state index in [4.69, 9.17) is 5.21 Å². The summed E-state index contributed by atoms with van der Waals surface area (Å²) < 4.78 is 27.9. The molecule has 0 spiro atoms. The van der Waals surface area contributed by atoms with Gasteiger partial charge in [-0.15, -0.1) is 0 Å². The molecule has 1 N–H and O–H groups in total. The van der Waals surface area contributed by atoms with Crippen LogP contribution in [-0.2, 0) is 10.2 Å². The Bertz CT molecular complexity index is 403. The molecular formula is C11H21N3O3S. The van der Waals surface area contributed by atoms with Crippen molar-refractivity contribution in [2.24, 2.45) is 11.1 Å². The Labute approximate surface area is 108 Å². The zero-order valence-electron chi connectivity index (χ0n) is 10.7. The second-order valence-corrected chi connectivity index (χ2v) is 7.08. The van der Waals surface area contributed by atoms with Crippen LogP contribution in [0.4, 0.5) is 0 Å². The minimum absolute atomic E-state index is 0.424. The van der Waals surface area contributed by atoms with Crippen LogP contribution >= 0.6 is 0 Å². The maximum Gasteiger partial charge on any atom is 0.281 e. The zero-order valence-corrected chi connectivity index (χ0v) is 11.6. The Morgan fingerprint density at radius 3 is 2.11 bits per heavy atom. The fraction of sp³-hybridized carbons (Fsp3) is 0.909. The largest absolute Gasteiger partial charge is 0.411 e. The van der Waals surface area contributed by atoms with Crippen molar-refractivity contribution in [2.45, 2.75) is 32.6 Å². The summed E-state index contributed by atoms with van der Waals surface area (Å²) in [6.07, 6.45) is 2.94. The van der Waals surface area contributed by atoms with Crippen LogP contribution in [0.25, 0.3) is 0 Å². The van der Waals surface area contributed by atoms with E-state index in [1.807, 2.05) is 0 Å². The van der Waals surface area contributed by atoms with E-state index >= 15 is 0 Å². The van der Waals surface area contributed by atoms with E-state index in [1.54, 1.807) is 4.31 Å². The lowest BCUT2D eigenvalue weighted by molar-refractivity contribution is 0.261. The molecule has 2 aliphatic rings. The Morgan fingerprint density at radius 1 is 1.11 bits per heavy atom. The van der Waals surface area contributed by atoms with Crippen LogP contribution < -0.4 is 0 Å². The van der Waals surface area contributed by atoms with Gasteiger partial charge in [-0.1, -0.05) is 12.1 Å². The van der Waals surface area contributed by atoms with Crippen LogP contribution in [0.15, 0.2) is 5.16 Å². The molecule has 2 fully saturated rings. The first-order chi connectivity index (χ1) is 8.54. The number of hydrogen-bond acceptors (Lipinski definition) is 4. The van der Waals surface area contributed by atoms with Crippen LogP contribution in [0.1, 0.15) is 32.6 Å². The predicted molar refractivity (Wildman–Crippen MR) is 68.9 cm³/mol. The van der Waals surface area contributed by atoms with Gasteiger partial charge in [0.2, 0.25) is 0 Å². The molecule has 0 aromatic heterocycles. The summed E-state index contributed by atoms with van der Waals surface area (Å²) in [5.41, 5.74) is 0.689. The summed E-state index contributed by atoms with van der Waals surface area (Å²) >= 11 is 0. The lowest BCUT2D eigenvalue weighted by atomic mass is 10.0. The lowest BCUT2D eigenvalue weighted by Gasteiger charge is -2.35. The fourth-order valence-electron chi connectivity index (χ4n) is 2.45. The van der Waals surface area contributed by atoms with Gasteiger partial charge < -0.3 is 5.21 Å². The summed E-state index contributed by atoms with van der Waals surface area (Å²) in [4.78, 5) is 0. The molecule has 0 aliphatic carbocycles. The molecule has 0 bridgehead atoms. The van der Waals surface area contributed by atoms with Gasteiger partial charge in [0.15, 0.2) is 0 Å². The van der Waals surface area contributed by atoms with Gasteiger partial charge in [-0.25, -0.2) is 0 Å². The van der Waals surface area contributed by atoms with Crippen LogP contribution in [0.2, 0.25) is 0 Å². The fourth-order valence-corrected chi connectivity index (χ4v) is 4.10. The lowest BCUT2D eigenvalue weighted by Crippen LogP contribution is -2.49. The number of piperidine rings is 2. The Hall–Kier alpha value is -0.660. The van der Waals surface area contributed by atoms with Crippen molar-refractivity contribution in [3.05, 3.63) is 0 Å². The van der Waals surface area contributed by atoms with Gasteiger partial charge in [0, 0.05) is 39.0 Å². The average Bonchev–Trinajstić information content (AvgIpc) is 2.39. The molecule has 2 saturated heterocycles. The summed E-state index contributed by atoms with van der Waals surface area (Å²) in [5.74, 6) is 0.617. The minimum Gasteiger partial charge on any atom is -0.411 e. The molecule has 2 aliphatic heterocycles. The van der Waals surface area contributed by atoms with Crippen molar-refractivity contribution >= 4 is 15.9 Å². The molecule has 0 atom stereocenters. The number of oxime groups is 1. The third-order valence-electron chi connectivity index (χ3n) is 3.84. The van der Waals surface area contributed by atoms with Gasteiger partial charge in [0.05, 0.1) is 5.71 Å². The number of nitrogens with zero attached hydrogens (tertiary/aromatic N) is 3. The number of rotatable bonds is 2. The van der Waals surface area contributed by atoms with Gasteiger partial charge in [-0.05, 0) is 18.8 Å². The molecule has 104 valence electrons. The quantitative estimate of drug-likeness (QED) is 0.601. The molecule has 6 nitrogen and oxygen atoms in total. The highest BCUT2D eigenvalue weighted by molar-refractivity contribution is 7.86. The van der Waals surface area contributed by atoms with E-state index in [1.165, 1.54) is 4.31 Å². The molecule has 0 saturated carbocycles. The van der Waals surface area contributed by atoms with E-state index in [2.05, 4.69) is 12.1 Å². The monoisotopic (exact) mass is 275 g/mol. The average molecular weight is 275 g/mol. The molecular weight excluding hydrogens is 254 g/mol. The highest BCUT2D eigenvalue weighted by Gasteiger charge is 2.33. The minimum atomic E-state index is -3.31. The summed E-state index contributed by atoms with van der Waals surface area (Å²) in [5, 5.41) is 11.8.